The van der Waals surface area contributed by atoms with Crippen molar-refractivity contribution in [1.82, 2.24) is 14.5 Å². The molecule has 54 heavy (non-hydrogen) atoms. The molecular weight excluding hydrogens is 659 g/mol. The molecule has 2 heterocycles. The fourth-order valence-electron chi connectivity index (χ4n) is 7.20. The standard InChI is InChI=1S/C50H37N3O/c1-33-20-22-37(23-21-33)39-26-27-51-45(32-39)42-30-40(36-14-7-4-8-15-36)29-41(31-42)43-17-11-18-47-49(43)52-50(44-16-9-10-19-48(44)54)53(47)46-25-24-38(28-34(46)2)35-12-5-3-6-13-35/h3-32,54H,1-2H3/i2D3. The number of aryl methyl sites for hydroxylation is 2. The molecule has 0 aliphatic rings. The summed E-state index contributed by atoms with van der Waals surface area (Å²) in [7, 11) is 0. The van der Waals surface area contributed by atoms with Crippen LogP contribution in [0.25, 0.3) is 83.9 Å². The maximum atomic E-state index is 11.2. The van der Waals surface area contributed by atoms with E-state index in [1.807, 2.05) is 102 Å². The Kier molecular flexibility index (Phi) is 7.56. The molecule has 0 saturated carbocycles. The summed E-state index contributed by atoms with van der Waals surface area (Å²) >= 11 is 0. The Balaban J connectivity index is 1.29. The largest absolute Gasteiger partial charge is 0.507 e. The van der Waals surface area contributed by atoms with Crippen LogP contribution in [0, 0.1) is 13.8 Å². The molecular formula is C50H37N3O. The lowest BCUT2D eigenvalue weighted by atomic mass is 9.93. The van der Waals surface area contributed by atoms with E-state index in [4.69, 9.17) is 14.1 Å². The van der Waals surface area contributed by atoms with Gasteiger partial charge < -0.3 is 5.11 Å². The van der Waals surface area contributed by atoms with Gasteiger partial charge in [-0.25, -0.2) is 4.98 Å². The van der Waals surface area contributed by atoms with Gasteiger partial charge >= 0.3 is 0 Å². The van der Waals surface area contributed by atoms with Crippen molar-refractivity contribution in [3.63, 3.8) is 0 Å². The van der Waals surface area contributed by atoms with Crippen molar-refractivity contribution in [2.75, 3.05) is 0 Å². The van der Waals surface area contributed by atoms with E-state index in [-0.39, 0.29) is 11.3 Å². The van der Waals surface area contributed by atoms with Crippen LogP contribution in [0.2, 0.25) is 0 Å². The van der Waals surface area contributed by atoms with E-state index < -0.39 is 6.85 Å². The van der Waals surface area contributed by atoms with Gasteiger partial charge in [0.2, 0.25) is 0 Å². The van der Waals surface area contributed by atoms with E-state index in [0.29, 0.717) is 28.1 Å². The van der Waals surface area contributed by atoms with Crippen molar-refractivity contribution in [2.45, 2.75) is 13.8 Å². The smallest absolute Gasteiger partial charge is 0.149 e. The number of pyridine rings is 1. The highest BCUT2D eigenvalue weighted by Crippen LogP contribution is 2.40. The maximum Gasteiger partial charge on any atom is 0.149 e. The quantitative estimate of drug-likeness (QED) is 0.180. The summed E-state index contributed by atoms with van der Waals surface area (Å²) in [4.78, 5) is 10.1. The molecule has 258 valence electrons. The molecule has 0 atom stereocenters. The van der Waals surface area contributed by atoms with Gasteiger partial charge in [0.05, 0.1) is 28.0 Å². The maximum absolute atomic E-state index is 11.2. The number of rotatable bonds is 7. The number of hydrogen-bond donors (Lipinski definition) is 1. The van der Waals surface area contributed by atoms with E-state index in [0.717, 1.165) is 55.8 Å². The number of fused-ring (bicyclic) bond motifs is 1. The molecule has 0 saturated heterocycles. The molecule has 1 N–H and O–H groups in total. The second kappa shape index (κ2) is 13.8. The first-order valence-corrected chi connectivity index (χ1v) is 18.0. The molecule has 4 nitrogen and oxygen atoms in total. The van der Waals surface area contributed by atoms with Crippen molar-refractivity contribution < 1.29 is 9.22 Å². The number of para-hydroxylation sites is 2. The summed E-state index contributed by atoms with van der Waals surface area (Å²) in [5.74, 6) is 0.472. The molecule has 0 aliphatic heterocycles. The van der Waals surface area contributed by atoms with Crippen LogP contribution in [0.1, 0.15) is 15.2 Å². The van der Waals surface area contributed by atoms with Gasteiger partial charge in [-0.1, -0.05) is 121 Å². The van der Waals surface area contributed by atoms with Gasteiger partial charge in [0.1, 0.15) is 11.6 Å². The molecule has 9 rings (SSSR count). The lowest BCUT2D eigenvalue weighted by Gasteiger charge is -2.15. The Bertz CT molecular complexity index is 2900. The summed E-state index contributed by atoms with van der Waals surface area (Å²) < 4.78 is 28.0. The van der Waals surface area contributed by atoms with Gasteiger partial charge in [-0.05, 0) is 119 Å². The number of hydrogen-bond acceptors (Lipinski definition) is 3. The summed E-state index contributed by atoms with van der Waals surface area (Å²) in [5, 5.41) is 11.2. The SMILES string of the molecule is [2H]C([2H])([2H])c1cc(-c2ccccc2)ccc1-n1c(-c2ccccc2O)nc2c(-c3cc(-c4ccccc4)cc(-c4cc(-c5ccc(C)cc5)ccn4)c3)cccc21. The molecule has 0 fully saturated rings. The molecule has 9 aromatic rings. The highest BCUT2D eigenvalue weighted by atomic mass is 16.3. The van der Waals surface area contributed by atoms with E-state index in [2.05, 4.69) is 67.6 Å². The molecule has 0 spiro atoms. The van der Waals surface area contributed by atoms with Crippen molar-refractivity contribution in [3.8, 4) is 78.6 Å². The molecule has 0 amide bonds. The Morgan fingerprint density at radius 2 is 1.15 bits per heavy atom. The number of imidazole rings is 1. The van der Waals surface area contributed by atoms with Crippen LogP contribution in [-0.4, -0.2) is 19.6 Å². The van der Waals surface area contributed by atoms with Gasteiger partial charge in [0.25, 0.3) is 0 Å². The van der Waals surface area contributed by atoms with Crippen molar-refractivity contribution in [2.24, 2.45) is 0 Å². The third-order valence-electron chi connectivity index (χ3n) is 9.97. The Morgan fingerprint density at radius 3 is 1.91 bits per heavy atom. The normalized spacial score (nSPS) is 12.3. The zero-order valence-electron chi connectivity index (χ0n) is 32.6. The number of benzene rings is 7. The zero-order valence-corrected chi connectivity index (χ0v) is 29.6. The Morgan fingerprint density at radius 1 is 0.519 bits per heavy atom. The number of nitrogens with zero attached hydrogens (tertiary/aromatic N) is 3. The van der Waals surface area contributed by atoms with E-state index in [1.54, 1.807) is 24.3 Å². The summed E-state index contributed by atoms with van der Waals surface area (Å²) in [6.45, 7) is -0.370. The molecule has 0 unspecified atom stereocenters. The number of aromatic hydroxyl groups is 1. The second-order valence-corrected chi connectivity index (χ2v) is 13.5. The fourth-order valence-corrected chi connectivity index (χ4v) is 7.20. The fraction of sp³-hybridized carbons (Fsp3) is 0.0400. The van der Waals surface area contributed by atoms with Gasteiger partial charge in [-0.2, -0.15) is 0 Å². The third kappa shape index (κ3) is 6.14. The number of aromatic nitrogens is 3. The third-order valence-corrected chi connectivity index (χ3v) is 9.97. The minimum Gasteiger partial charge on any atom is -0.507 e. The van der Waals surface area contributed by atoms with Crippen LogP contribution < -0.4 is 0 Å². The average molecular weight is 699 g/mol. The molecule has 0 aliphatic carbocycles. The van der Waals surface area contributed by atoms with Gasteiger partial charge in [0, 0.05) is 21.4 Å². The van der Waals surface area contributed by atoms with E-state index >= 15 is 0 Å². The van der Waals surface area contributed by atoms with Gasteiger partial charge in [0.15, 0.2) is 0 Å². The first-order chi connectivity index (χ1) is 27.7. The first kappa shape index (κ1) is 29.5. The predicted molar refractivity (Wildman–Crippen MR) is 223 cm³/mol. The van der Waals surface area contributed by atoms with Crippen LogP contribution >= 0.6 is 0 Å². The van der Waals surface area contributed by atoms with Crippen molar-refractivity contribution >= 4 is 11.0 Å². The molecule has 2 aromatic heterocycles. The number of phenols is 1. The predicted octanol–water partition coefficient (Wildman–Crippen LogP) is 12.7. The molecule has 4 heteroatoms. The Hall–Kier alpha value is -7.04. The lowest BCUT2D eigenvalue weighted by Crippen LogP contribution is -2.00. The van der Waals surface area contributed by atoms with Crippen LogP contribution in [0.3, 0.4) is 0 Å². The summed E-state index contributed by atoms with van der Waals surface area (Å²) in [6.07, 6.45) is 1.85. The topological polar surface area (TPSA) is 50.9 Å². The van der Waals surface area contributed by atoms with E-state index in [9.17, 15) is 5.11 Å². The highest BCUT2D eigenvalue weighted by molar-refractivity contribution is 5.98. The monoisotopic (exact) mass is 698 g/mol. The van der Waals surface area contributed by atoms with E-state index in [1.165, 1.54) is 5.56 Å². The molecule has 7 aromatic carbocycles. The Labute approximate surface area is 319 Å². The van der Waals surface area contributed by atoms with Gasteiger partial charge in [-0.15, -0.1) is 0 Å². The molecule has 0 radical (unpaired) electrons. The van der Waals surface area contributed by atoms with Crippen LogP contribution in [-0.2, 0) is 0 Å². The summed E-state index contributed by atoms with van der Waals surface area (Å²) in [6, 6.07) is 57.7. The highest BCUT2D eigenvalue weighted by Gasteiger charge is 2.21. The lowest BCUT2D eigenvalue weighted by molar-refractivity contribution is 0.477. The minimum absolute atomic E-state index is 0.0415. The van der Waals surface area contributed by atoms with Crippen LogP contribution in [0.15, 0.2) is 182 Å². The zero-order chi connectivity index (χ0) is 39.1. The minimum atomic E-state index is -2.45. The van der Waals surface area contributed by atoms with Crippen molar-refractivity contribution in [1.29, 1.82) is 0 Å². The molecule has 0 bridgehead atoms. The van der Waals surface area contributed by atoms with Crippen LogP contribution in [0.5, 0.6) is 5.75 Å². The van der Waals surface area contributed by atoms with Gasteiger partial charge in [-0.3, -0.25) is 9.55 Å². The second-order valence-electron chi connectivity index (χ2n) is 13.5. The first-order valence-electron chi connectivity index (χ1n) is 19.5. The average Bonchev–Trinajstić information content (AvgIpc) is 3.63. The van der Waals surface area contributed by atoms with Crippen LogP contribution in [0.4, 0.5) is 0 Å². The van der Waals surface area contributed by atoms with Crippen molar-refractivity contribution in [3.05, 3.63) is 193 Å². The number of phenolic OH excluding ortho intramolecular Hbond substituents is 1. The summed E-state index contributed by atoms with van der Waals surface area (Å²) in [5.41, 5.74) is 13.2.